The van der Waals surface area contributed by atoms with E-state index < -0.39 is 41.6 Å². The van der Waals surface area contributed by atoms with Crippen LogP contribution >= 0.6 is 0 Å². The maximum Gasteiger partial charge on any atom is 0.313 e. The van der Waals surface area contributed by atoms with Gasteiger partial charge in [0.2, 0.25) is 5.91 Å². The molecule has 4 unspecified atom stereocenters. The highest BCUT2D eigenvalue weighted by Gasteiger charge is 2.72. The van der Waals surface area contributed by atoms with Gasteiger partial charge in [-0.3, -0.25) is 14.4 Å². The predicted octanol–water partition coefficient (Wildman–Crippen LogP) is 3.62. The fourth-order valence-electron chi connectivity index (χ4n) is 6.94. The molecular formula is C32H36N2O6. The number of cyclic esters (lactones) is 1. The lowest BCUT2D eigenvalue weighted by Gasteiger charge is -2.39. The number of aliphatic hydroxyl groups is 1. The first-order valence-corrected chi connectivity index (χ1v) is 14.2. The molecule has 4 aliphatic rings. The number of likely N-dealkylation sites (tertiary alicyclic amines) is 1. The van der Waals surface area contributed by atoms with Crippen LogP contribution in [0.4, 0.5) is 5.69 Å². The van der Waals surface area contributed by atoms with Crippen LogP contribution < -0.4 is 4.90 Å². The van der Waals surface area contributed by atoms with Crippen molar-refractivity contribution in [2.24, 2.45) is 17.8 Å². The number of allylic oxidation sites excluding steroid dienone is 1. The zero-order valence-corrected chi connectivity index (χ0v) is 23.1. The Kier molecular flexibility index (Phi) is 6.79. The third-order valence-corrected chi connectivity index (χ3v) is 8.95. The minimum absolute atomic E-state index is 0.137. The summed E-state index contributed by atoms with van der Waals surface area (Å²) in [5.41, 5.74) is -0.664. The highest BCUT2D eigenvalue weighted by Crippen LogP contribution is 2.54. The molecule has 40 heavy (non-hydrogen) atoms. The van der Waals surface area contributed by atoms with Crippen LogP contribution in [0.15, 0.2) is 66.8 Å². The van der Waals surface area contributed by atoms with Crippen molar-refractivity contribution in [3.8, 4) is 0 Å². The molecule has 0 aliphatic carbocycles. The van der Waals surface area contributed by atoms with E-state index in [1.807, 2.05) is 87.5 Å². The van der Waals surface area contributed by atoms with E-state index in [2.05, 4.69) is 0 Å². The summed E-state index contributed by atoms with van der Waals surface area (Å²) in [7, 11) is 0. The smallest absolute Gasteiger partial charge is 0.313 e. The zero-order valence-electron chi connectivity index (χ0n) is 23.1. The molecule has 6 rings (SSSR count). The number of rotatable bonds is 4. The number of hydrogen-bond acceptors (Lipinski definition) is 6. The first kappa shape index (κ1) is 26.7. The zero-order chi connectivity index (χ0) is 28.2. The Hall–Kier alpha value is -3.49. The van der Waals surface area contributed by atoms with Gasteiger partial charge in [0.25, 0.3) is 5.91 Å². The molecule has 8 nitrogen and oxygen atoms in total. The number of hydrogen-bond donors (Lipinski definition) is 1. The van der Waals surface area contributed by atoms with Crippen LogP contribution in [-0.4, -0.2) is 70.8 Å². The number of anilines is 1. The van der Waals surface area contributed by atoms with Crippen LogP contribution in [0.3, 0.4) is 0 Å². The molecule has 1 spiro atoms. The minimum Gasteiger partial charge on any atom is -0.462 e. The molecule has 8 heteroatoms. The Labute approximate surface area is 234 Å². The molecule has 0 saturated carbocycles. The molecule has 4 aliphatic heterocycles. The van der Waals surface area contributed by atoms with Crippen LogP contribution in [0.5, 0.6) is 0 Å². The van der Waals surface area contributed by atoms with Gasteiger partial charge in [0.1, 0.15) is 17.6 Å². The lowest BCUT2D eigenvalue weighted by molar-refractivity contribution is -0.159. The Morgan fingerprint density at radius 2 is 1.82 bits per heavy atom. The van der Waals surface area contributed by atoms with Gasteiger partial charge in [-0.05, 0) is 48.6 Å². The Bertz CT molecular complexity index is 1400. The second-order valence-corrected chi connectivity index (χ2v) is 11.7. The molecular weight excluding hydrogens is 508 g/mol. The fourth-order valence-corrected chi connectivity index (χ4v) is 6.94. The van der Waals surface area contributed by atoms with Gasteiger partial charge in [-0.15, -0.1) is 0 Å². The summed E-state index contributed by atoms with van der Waals surface area (Å²) in [5.74, 6) is -3.13. The number of esters is 1. The highest BCUT2D eigenvalue weighted by atomic mass is 16.6. The monoisotopic (exact) mass is 544 g/mol. The quantitative estimate of drug-likeness (QED) is 0.467. The molecule has 210 valence electrons. The number of carbonyl (C=O) groups is 3. The van der Waals surface area contributed by atoms with Crippen molar-refractivity contribution in [2.45, 2.75) is 63.5 Å². The molecule has 2 saturated heterocycles. The number of fused-ring (bicyclic) bond motifs is 3. The van der Waals surface area contributed by atoms with Gasteiger partial charge in [-0.1, -0.05) is 68.5 Å². The van der Waals surface area contributed by atoms with Crippen LogP contribution in [0.2, 0.25) is 0 Å². The second-order valence-electron chi connectivity index (χ2n) is 11.7. The molecule has 7 atom stereocenters. The Balaban J connectivity index is 1.48. The molecule has 2 fully saturated rings. The molecule has 4 heterocycles. The minimum atomic E-state index is -1.37. The van der Waals surface area contributed by atoms with E-state index >= 15 is 0 Å². The number of carbonyl (C=O) groups excluding carboxylic acids is 3. The first-order valence-electron chi connectivity index (χ1n) is 14.2. The summed E-state index contributed by atoms with van der Waals surface area (Å²) in [6.45, 7) is 5.64. The Morgan fingerprint density at radius 3 is 2.58 bits per heavy atom. The van der Waals surface area contributed by atoms with Gasteiger partial charge in [0.15, 0.2) is 0 Å². The van der Waals surface area contributed by atoms with E-state index in [9.17, 15) is 19.5 Å². The van der Waals surface area contributed by atoms with Gasteiger partial charge >= 0.3 is 5.97 Å². The van der Waals surface area contributed by atoms with Gasteiger partial charge in [-0.2, -0.15) is 0 Å². The SMILES string of the molecule is CC1CC/C=C\[C@H]2OC34C=CCN(c5ccc6ccccc6c5)C(=O)[C@H]3N(C(CO)C(C)C)C(=O)[C@@H]4C2C(=O)O1. The maximum absolute atomic E-state index is 14.6. The summed E-state index contributed by atoms with van der Waals surface area (Å²) < 4.78 is 12.5. The lowest BCUT2D eigenvalue weighted by atomic mass is 9.78. The molecule has 1 N–H and O–H groups in total. The van der Waals surface area contributed by atoms with E-state index in [1.54, 1.807) is 4.90 Å². The van der Waals surface area contributed by atoms with Crippen LogP contribution in [0.1, 0.15) is 33.6 Å². The largest absolute Gasteiger partial charge is 0.462 e. The van der Waals surface area contributed by atoms with Gasteiger partial charge in [-0.25, -0.2) is 0 Å². The van der Waals surface area contributed by atoms with Gasteiger partial charge in [0, 0.05) is 12.2 Å². The summed E-state index contributed by atoms with van der Waals surface area (Å²) >= 11 is 0. The predicted molar refractivity (Wildman–Crippen MR) is 150 cm³/mol. The average molecular weight is 545 g/mol. The normalized spacial score (nSPS) is 33.5. The topological polar surface area (TPSA) is 96.4 Å². The van der Waals surface area contributed by atoms with Crippen LogP contribution in [0.25, 0.3) is 10.8 Å². The highest BCUT2D eigenvalue weighted by molar-refractivity contribution is 6.06. The van der Waals surface area contributed by atoms with Gasteiger partial charge in [0.05, 0.1) is 30.8 Å². The third-order valence-electron chi connectivity index (χ3n) is 8.95. The van der Waals surface area contributed by atoms with Crippen molar-refractivity contribution in [2.75, 3.05) is 18.1 Å². The van der Waals surface area contributed by atoms with Crippen molar-refractivity contribution in [3.05, 3.63) is 66.8 Å². The van der Waals surface area contributed by atoms with Crippen molar-refractivity contribution < 1.29 is 29.0 Å². The molecule has 2 aromatic carbocycles. The first-order chi connectivity index (χ1) is 19.3. The van der Waals surface area contributed by atoms with Crippen LogP contribution in [0, 0.1) is 17.8 Å². The standard InChI is InChI=1S/C32H36N2O6/c1-19(2)24(18-35)34-28-30(37)33(23-14-13-21-10-5-6-11-22(21)17-23)16-8-15-32(28)27(29(34)36)26-25(40-32)12-7-4-9-20(3)39-31(26)38/h5-8,10-15,17,19-20,24-28,35H,4,9,16,18H2,1-3H3/b12-7-/t20?,24?,25-,26?,27+,28-,32?/m1/s1. The lowest BCUT2D eigenvalue weighted by Crippen LogP contribution is -2.59. The second kappa shape index (κ2) is 10.2. The number of nitrogens with zero attached hydrogens (tertiary/aromatic N) is 2. The average Bonchev–Trinajstić information content (AvgIpc) is 3.33. The Morgan fingerprint density at radius 1 is 1.05 bits per heavy atom. The summed E-state index contributed by atoms with van der Waals surface area (Å²) in [4.78, 5) is 45.7. The molecule has 2 amide bonds. The van der Waals surface area contributed by atoms with E-state index in [0.717, 1.165) is 10.8 Å². The number of benzene rings is 2. The van der Waals surface area contributed by atoms with E-state index in [4.69, 9.17) is 9.47 Å². The van der Waals surface area contributed by atoms with E-state index in [-0.39, 0.29) is 37.0 Å². The van der Waals surface area contributed by atoms with Crippen LogP contribution in [-0.2, 0) is 23.9 Å². The number of amides is 2. The van der Waals surface area contributed by atoms with E-state index in [1.165, 1.54) is 4.90 Å². The molecule has 0 aromatic heterocycles. The van der Waals surface area contributed by atoms with Crippen molar-refractivity contribution in [1.29, 1.82) is 0 Å². The van der Waals surface area contributed by atoms with E-state index in [0.29, 0.717) is 18.5 Å². The summed E-state index contributed by atoms with van der Waals surface area (Å²) in [5, 5.41) is 12.5. The molecule has 0 bridgehead atoms. The fraction of sp³-hybridized carbons (Fsp3) is 0.469. The maximum atomic E-state index is 14.6. The van der Waals surface area contributed by atoms with Crippen molar-refractivity contribution >= 4 is 34.2 Å². The summed E-state index contributed by atoms with van der Waals surface area (Å²) in [6, 6.07) is 12.1. The molecule has 0 radical (unpaired) electrons. The number of ether oxygens (including phenoxy) is 2. The van der Waals surface area contributed by atoms with Gasteiger partial charge < -0.3 is 24.4 Å². The van der Waals surface area contributed by atoms with Crippen molar-refractivity contribution in [3.63, 3.8) is 0 Å². The molecule has 2 aromatic rings. The number of aliphatic hydroxyl groups excluding tert-OH is 1. The third kappa shape index (κ3) is 4.08. The van der Waals surface area contributed by atoms with Crippen molar-refractivity contribution in [1.82, 2.24) is 4.90 Å². The summed E-state index contributed by atoms with van der Waals surface area (Å²) in [6.07, 6.45) is 7.90.